The van der Waals surface area contributed by atoms with Gasteiger partial charge in [0.15, 0.2) is 0 Å². The van der Waals surface area contributed by atoms with E-state index in [-0.39, 0.29) is 12.5 Å². The van der Waals surface area contributed by atoms with Crippen molar-refractivity contribution in [2.24, 2.45) is 5.92 Å². The molecule has 5 atom stereocenters. The molecule has 1 saturated heterocycles. The normalized spacial score (nSPS) is 29.8. The fourth-order valence-corrected chi connectivity index (χ4v) is 5.20. The quantitative estimate of drug-likeness (QED) is 0.570. The van der Waals surface area contributed by atoms with Crippen molar-refractivity contribution in [1.82, 2.24) is 0 Å². The fourth-order valence-electron chi connectivity index (χ4n) is 5.01. The molecular weight excluding hydrogens is 416 g/mol. The third-order valence-electron chi connectivity index (χ3n) is 6.77. The number of ether oxygens (including phenoxy) is 2. The summed E-state index contributed by atoms with van der Waals surface area (Å²) in [5.74, 6) is 0.753. The summed E-state index contributed by atoms with van der Waals surface area (Å²) < 4.78 is 12.0. The Morgan fingerprint density at radius 3 is 2.55 bits per heavy atom. The van der Waals surface area contributed by atoms with E-state index in [1.54, 1.807) is 0 Å². The lowest BCUT2D eigenvalue weighted by molar-refractivity contribution is -0.291. The first-order valence-corrected chi connectivity index (χ1v) is 11.5. The van der Waals surface area contributed by atoms with Gasteiger partial charge in [0.1, 0.15) is 18.0 Å². The monoisotopic (exact) mass is 446 g/mol. The Morgan fingerprint density at radius 1 is 1.13 bits per heavy atom. The molecule has 1 heterocycles. The van der Waals surface area contributed by atoms with Crippen LogP contribution >= 0.6 is 11.6 Å². The van der Waals surface area contributed by atoms with E-state index in [1.807, 2.05) is 49.4 Å². The summed E-state index contributed by atoms with van der Waals surface area (Å²) in [5, 5.41) is 31.5. The number of aliphatic hydroxyl groups excluding tert-OH is 3. The van der Waals surface area contributed by atoms with E-state index < -0.39 is 23.9 Å². The van der Waals surface area contributed by atoms with Crippen molar-refractivity contribution in [3.63, 3.8) is 0 Å². The molecule has 3 N–H and O–H groups in total. The predicted octanol–water partition coefficient (Wildman–Crippen LogP) is 4.04. The van der Waals surface area contributed by atoms with Gasteiger partial charge in [-0.3, -0.25) is 0 Å². The van der Waals surface area contributed by atoms with Gasteiger partial charge in [-0.1, -0.05) is 35.9 Å². The molecule has 2 fully saturated rings. The van der Waals surface area contributed by atoms with Crippen LogP contribution in [0.15, 0.2) is 42.5 Å². The summed E-state index contributed by atoms with van der Waals surface area (Å²) in [6, 6.07) is 13.6. The summed E-state index contributed by atoms with van der Waals surface area (Å²) in [7, 11) is 0. The van der Waals surface area contributed by atoms with Crippen LogP contribution in [0, 0.1) is 5.92 Å². The highest BCUT2D eigenvalue weighted by Crippen LogP contribution is 2.54. The van der Waals surface area contributed by atoms with Gasteiger partial charge in [0, 0.05) is 17.5 Å². The van der Waals surface area contributed by atoms with E-state index in [1.165, 1.54) is 0 Å². The molecule has 0 radical (unpaired) electrons. The van der Waals surface area contributed by atoms with E-state index in [2.05, 4.69) is 0 Å². The van der Waals surface area contributed by atoms with E-state index in [0.29, 0.717) is 30.9 Å². The fraction of sp³-hybridized carbons (Fsp3) is 0.520. The minimum absolute atomic E-state index is 0.0825. The Kier molecular flexibility index (Phi) is 6.89. The second kappa shape index (κ2) is 9.47. The highest BCUT2D eigenvalue weighted by molar-refractivity contribution is 6.31. The number of fused-ring (bicyclic) bond motifs is 1. The van der Waals surface area contributed by atoms with E-state index in [4.69, 9.17) is 21.1 Å². The molecule has 6 heteroatoms. The van der Waals surface area contributed by atoms with Crippen LogP contribution in [0.1, 0.15) is 55.4 Å². The topological polar surface area (TPSA) is 79.2 Å². The molecule has 5 unspecified atom stereocenters. The van der Waals surface area contributed by atoms with Crippen molar-refractivity contribution < 1.29 is 24.8 Å². The molecule has 168 valence electrons. The highest BCUT2D eigenvalue weighted by atomic mass is 35.5. The molecule has 31 heavy (non-hydrogen) atoms. The maximum absolute atomic E-state index is 10.8. The number of halogens is 1. The van der Waals surface area contributed by atoms with Crippen LogP contribution in [0.3, 0.4) is 0 Å². The van der Waals surface area contributed by atoms with Crippen molar-refractivity contribution in [2.45, 2.75) is 62.9 Å². The molecule has 1 saturated carbocycles. The molecule has 2 aliphatic rings. The average Bonchev–Trinajstić information content (AvgIpc) is 2.75. The number of rotatable bonds is 8. The molecule has 5 nitrogen and oxygen atoms in total. The second-order valence-electron chi connectivity index (χ2n) is 8.66. The molecular formula is C25H31ClO5. The first kappa shape index (κ1) is 22.6. The summed E-state index contributed by atoms with van der Waals surface area (Å²) in [5.41, 5.74) is 2.38. The summed E-state index contributed by atoms with van der Waals surface area (Å²) in [4.78, 5) is 0. The zero-order chi connectivity index (χ0) is 22.0. The third-order valence-corrected chi connectivity index (χ3v) is 7.14. The van der Waals surface area contributed by atoms with Crippen molar-refractivity contribution in [3.05, 3.63) is 64.2 Å². The molecule has 1 aliphatic carbocycles. The van der Waals surface area contributed by atoms with Crippen LogP contribution in [-0.4, -0.2) is 46.3 Å². The molecule has 4 rings (SSSR count). The summed E-state index contributed by atoms with van der Waals surface area (Å²) in [6.07, 6.45) is 1.16. The molecule has 0 spiro atoms. The van der Waals surface area contributed by atoms with E-state index >= 15 is 0 Å². The van der Waals surface area contributed by atoms with Gasteiger partial charge in [-0.05, 0) is 73.9 Å². The molecule has 2 aromatic carbocycles. The van der Waals surface area contributed by atoms with Gasteiger partial charge >= 0.3 is 0 Å². The van der Waals surface area contributed by atoms with Crippen molar-refractivity contribution in [2.75, 3.05) is 13.2 Å². The zero-order valence-corrected chi connectivity index (χ0v) is 18.6. The van der Waals surface area contributed by atoms with Crippen molar-refractivity contribution in [3.8, 4) is 5.75 Å². The van der Waals surface area contributed by atoms with Crippen LogP contribution < -0.4 is 4.74 Å². The van der Waals surface area contributed by atoms with Gasteiger partial charge in [0.2, 0.25) is 0 Å². The second-order valence-corrected chi connectivity index (χ2v) is 9.07. The van der Waals surface area contributed by atoms with E-state index in [0.717, 1.165) is 35.3 Å². The lowest BCUT2D eigenvalue weighted by atomic mass is 9.61. The maximum Gasteiger partial charge on any atom is 0.119 e. The van der Waals surface area contributed by atoms with Gasteiger partial charge in [-0.2, -0.15) is 0 Å². The van der Waals surface area contributed by atoms with Gasteiger partial charge in [-0.25, -0.2) is 0 Å². The van der Waals surface area contributed by atoms with Crippen LogP contribution in [0.4, 0.5) is 0 Å². The Hall–Kier alpha value is -1.63. The lowest BCUT2D eigenvalue weighted by Gasteiger charge is -2.58. The van der Waals surface area contributed by atoms with Gasteiger partial charge < -0.3 is 24.8 Å². The smallest absolute Gasteiger partial charge is 0.119 e. The van der Waals surface area contributed by atoms with Crippen molar-refractivity contribution in [1.29, 1.82) is 0 Å². The predicted molar refractivity (Wildman–Crippen MR) is 119 cm³/mol. The first-order chi connectivity index (χ1) is 15.0. The Labute approximate surface area is 188 Å². The largest absolute Gasteiger partial charge is 0.494 e. The van der Waals surface area contributed by atoms with Gasteiger partial charge in [-0.15, -0.1) is 0 Å². The standard InChI is InChI=1S/C25H31ClO5/c1-2-30-19-7-4-16(5-8-19)14-18-15-17(6-9-21(18)26)24-23(29)22(28)20-10-12-25(20,31-24)11-3-13-27/h4-9,15,20,22-24,27-29H,2-3,10-14H2,1H3. The van der Waals surface area contributed by atoms with E-state index in [9.17, 15) is 15.3 Å². The number of hydrogen-bond acceptors (Lipinski definition) is 5. The lowest BCUT2D eigenvalue weighted by Crippen LogP contribution is -2.63. The maximum atomic E-state index is 10.8. The minimum Gasteiger partial charge on any atom is -0.494 e. The van der Waals surface area contributed by atoms with Crippen LogP contribution in [-0.2, 0) is 11.2 Å². The first-order valence-electron chi connectivity index (χ1n) is 11.1. The summed E-state index contributed by atoms with van der Waals surface area (Å²) in [6.45, 7) is 2.68. The number of benzene rings is 2. The molecule has 1 aliphatic heterocycles. The Balaban J connectivity index is 1.56. The minimum atomic E-state index is -0.993. The third kappa shape index (κ3) is 4.48. The molecule has 2 aromatic rings. The summed E-state index contributed by atoms with van der Waals surface area (Å²) >= 11 is 6.48. The molecule has 0 amide bonds. The molecule has 0 aromatic heterocycles. The SMILES string of the molecule is CCOc1ccc(Cc2cc(C3OC4(CCCO)CCC4C(O)C3O)ccc2Cl)cc1. The Morgan fingerprint density at radius 2 is 1.90 bits per heavy atom. The Bertz CT molecular complexity index is 886. The number of aliphatic hydroxyl groups is 3. The van der Waals surface area contributed by atoms with Crippen LogP contribution in [0.25, 0.3) is 0 Å². The van der Waals surface area contributed by atoms with Crippen molar-refractivity contribution >= 4 is 11.6 Å². The molecule has 0 bridgehead atoms. The van der Waals surface area contributed by atoms with Gasteiger partial charge in [0.25, 0.3) is 0 Å². The number of hydrogen-bond donors (Lipinski definition) is 3. The highest BCUT2D eigenvalue weighted by Gasteiger charge is 2.58. The van der Waals surface area contributed by atoms with Crippen LogP contribution in [0.2, 0.25) is 5.02 Å². The van der Waals surface area contributed by atoms with Crippen LogP contribution in [0.5, 0.6) is 5.75 Å². The van der Waals surface area contributed by atoms with Gasteiger partial charge in [0.05, 0.1) is 18.3 Å². The average molecular weight is 447 g/mol. The zero-order valence-electron chi connectivity index (χ0n) is 17.8.